The fraction of sp³-hybridized carbons (Fsp3) is 0.250. The lowest BCUT2D eigenvalue weighted by molar-refractivity contribution is 0.0998. The van der Waals surface area contributed by atoms with Crippen molar-refractivity contribution in [2.24, 2.45) is 16.5 Å². The Morgan fingerprint density at radius 1 is 1.53 bits per heavy atom. The third-order valence-electron chi connectivity index (χ3n) is 2.58. The molecule has 0 saturated heterocycles. The van der Waals surface area contributed by atoms with Crippen molar-refractivity contribution >= 4 is 23.5 Å². The standard InChI is InChI=1S/C12H16FN5O/c1-6-8(11(15)19)10(7(4-14)5-16-2)18-12(17-3)9(6)13/h4-5H,14H2,1-3H3,(H2,15,19)(H,17,18). The summed E-state index contributed by atoms with van der Waals surface area (Å²) in [6, 6.07) is 0. The van der Waals surface area contributed by atoms with Gasteiger partial charge in [0, 0.05) is 37.6 Å². The van der Waals surface area contributed by atoms with Crippen LogP contribution in [0.4, 0.5) is 10.2 Å². The van der Waals surface area contributed by atoms with Crippen LogP contribution in [0.25, 0.3) is 5.57 Å². The van der Waals surface area contributed by atoms with Crippen LogP contribution in [0.3, 0.4) is 0 Å². The van der Waals surface area contributed by atoms with Gasteiger partial charge in [-0.3, -0.25) is 9.79 Å². The number of aromatic nitrogens is 1. The first-order chi connectivity index (χ1) is 8.97. The number of allylic oxidation sites excluding steroid dienone is 1. The molecule has 1 heterocycles. The molecule has 6 nitrogen and oxygen atoms in total. The van der Waals surface area contributed by atoms with Gasteiger partial charge in [-0.05, 0) is 6.92 Å². The van der Waals surface area contributed by atoms with E-state index < -0.39 is 11.7 Å². The van der Waals surface area contributed by atoms with E-state index in [4.69, 9.17) is 11.5 Å². The molecule has 0 fully saturated rings. The van der Waals surface area contributed by atoms with Gasteiger partial charge < -0.3 is 16.8 Å². The van der Waals surface area contributed by atoms with Crippen molar-refractivity contribution in [2.75, 3.05) is 19.4 Å². The van der Waals surface area contributed by atoms with Crippen molar-refractivity contribution in [3.05, 3.63) is 28.8 Å². The molecule has 1 rings (SSSR count). The van der Waals surface area contributed by atoms with Crippen LogP contribution in [0.5, 0.6) is 0 Å². The summed E-state index contributed by atoms with van der Waals surface area (Å²) in [5, 5.41) is 2.61. The van der Waals surface area contributed by atoms with Gasteiger partial charge in [0.25, 0.3) is 5.91 Å². The maximum absolute atomic E-state index is 13.9. The van der Waals surface area contributed by atoms with Gasteiger partial charge in [-0.15, -0.1) is 0 Å². The van der Waals surface area contributed by atoms with E-state index in [0.717, 1.165) is 0 Å². The van der Waals surface area contributed by atoms with E-state index in [9.17, 15) is 9.18 Å². The predicted molar refractivity (Wildman–Crippen MR) is 73.6 cm³/mol. The minimum Gasteiger partial charge on any atom is -0.404 e. The number of hydrogen-bond acceptors (Lipinski definition) is 5. The number of carbonyl (C=O) groups excluding carboxylic acids is 1. The number of rotatable bonds is 4. The lowest BCUT2D eigenvalue weighted by Crippen LogP contribution is -2.19. The zero-order chi connectivity index (χ0) is 14.6. The molecule has 19 heavy (non-hydrogen) atoms. The lowest BCUT2D eigenvalue weighted by atomic mass is 10.0. The summed E-state index contributed by atoms with van der Waals surface area (Å²) >= 11 is 0. The van der Waals surface area contributed by atoms with Gasteiger partial charge in [0.2, 0.25) is 0 Å². The molecule has 1 aromatic heterocycles. The topological polar surface area (TPSA) is 106 Å². The normalized spacial score (nSPS) is 11.9. The minimum absolute atomic E-state index is 0.00639. The molecular formula is C12H16FN5O. The lowest BCUT2D eigenvalue weighted by Gasteiger charge is -2.13. The number of anilines is 1. The van der Waals surface area contributed by atoms with Crippen molar-refractivity contribution < 1.29 is 9.18 Å². The van der Waals surface area contributed by atoms with E-state index in [1.54, 1.807) is 7.05 Å². The number of hydrogen-bond donors (Lipinski definition) is 3. The summed E-state index contributed by atoms with van der Waals surface area (Å²) in [6.07, 6.45) is 2.66. The smallest absolute Gasteiger partial charge is 0.251 e. The third kappa shape index (κ3) is 2.70. The first-order valence-corrected chi connectivity index (χ1v) is 5.50. The maximum Gasteiger partial charge on any atom is 0.251 e. The Hall–Kier alpha value is -2.44. The Morgan fingerprint density at radius 2 is 2.16 bits per heavy atom. The number of aliphatic imine (C=N–C) groups is 1. The van der Waals surface area contributed by atoms with Crippen LogP contribution in [-0.2, 0) is 0 Å². The molecule has 0 unspecified atom stereocenters. The highest BCUT2D eigenvalue weighted by molar-refractivity contribution is 6.13. The second kappa shape index (κ2) is 5.94. The minimum atomic E-state index is -0.773. The van der Waals surface area contributed by atoms with Crippen molar-refractivity contribution in [3.63, 3.8) is 0 Å². The molecule has 0 aliphatic heterocycles. The van der Waals surface area contributed by atoms with Crippen molar-refractivity contribution in [1.29, 1.82) is 0 Å². The Balaban J connectivity index is 3.70. The highest BCUT2D eigenvalue weighted by Crippen LogP contribution is 2.25. The molecule has 0 atom stereocenters. The second-order valence-corrected chi connectivity index (χ2v) is 3.75. The average molecular weight is 265 g/mol. The van der Waals surface area contributed by atoms with Crippen molar-refractivity contribution in [1.82, 2.24) is 4.98 Å². The highest BCUT2D eigenvalue weighted by atomic mass is 19.1. The molecule has 0 aliphatic carbocycles. The van der Waals surface area contributed by atoms with Gasteiger partial charge in [0.15, 0.2) is 11.6 Å². The van der Waals surface area contributed by atoms with E-state index >= 15 is 0 Å². The van der Waals surface area contributed by atoms with Gasteiger partial charge in [0.1, 0.15) is 0 Å². The van der Waals surface area contributed by atoms with Crippen LogP contribution in [0, 0.1) is 12.7 Å². The van der Waals surface area contributed by atoms with E-state index in [2.05, 4.69) is 15.3 Å². The monoisotopic (exact) mass is 265 g/mol. The summed E-state index contributed by atoms with van der Waals surface area (Å²) in [4.78, 5) is 19.3. The molecule has 1 amide bonds. The van der Waals surface area contributed by atoms with Crippen LogP contribution in [-0.4, -0.2) is 31.2 Å². The zero-order valence-corrected chi connectivity index (χ0v) is 11.0. The molecule has 1 aromatic rings. The van der Waals surface area contributed by atoms with Gasteiger partial charge >= 0.3 is 0 Å². The summed E-state index contributed by atoms with van der Waals surface area (Å²) in [7, 11) is 3.07. The van der Waals surface area contributed by atoms with E-state index in [1.807, 2.05) is 0 Å². The molecule has 0 spiro atoms. The van der Waals surface area contributed by atoms with Gasteiger partial charge in [-0.25, -0.2) is 9.37 Å². The molecular weight excluding hydrogens is 249 g/mol. The van der Waals surface area contributed by atoms with Crippen LogP contribution < -0.4 is 16.8 Å². The molecule has 102 valence electrons. The predicted octanol–water partition coefficient (Wildman–Crippen LogP) is 0.670. The molecule has 7 heteroatoms. The summed E-state index contributed by atoms with van der Waals surface area (Å²) in [5.41, 5.74) is 11.5. The number of pyridine rings is 1. The number of carbonyl (C=O) groups is 1. The van der Waals surface area contributed by atoms with Crippen LogP contribution in [0.2, 0.25) is 0 Å². The first kappa shape index (κ1) is 14.6. The fourth-order valence-electron chi connectivity index (χ4n) is 1.68. The molecule has 0 aromatic carbocycles. The summed E-state index contributed by atoms with van der Waals surface area (Å²) in [6.45, 7) is 1.46. The quantitative estimate of drug-likeness (QED) is 0.695. The fourth-order valence-corrected chi connectivity index (χ4v) is 1.68. The molecule has 0 aliphatic rings. The number of nitrogens with two attached hydrogens (primary N) is 2. The van der Waals surface area contributed by atoms with Crippen LogP contribution in [0.1, 0.15) is 21.6 Å². The van der Waals surface area contributed by atoms with Gasteiger partial charge in [0.05, 0.1) is 11.3 Å². The maximum atomic E-state index is 13.9. The number of nitrogens with zero attached hydrogens (tertiary/aromatic N) is 2. The number of amides is 1. The molecule has 5 N–H and O–H groups in total. The van der Waals surface area contributed by atoms with Crippen molar-refractivity contribution in [3.8, 4) is 0 Å². The second-order valence-electron chi connectivity index (χ2n) is 3.75. The van der Waals surface area contributed by atoms with Crippen LogP contribution in [0.15, 0.2) is 11.2 Å². The Labute approximate surface area is 110 Å². The third-order valence-corrected chi connectivity index (χ3v) is 2.58. The Morgan fingerprint density at radius 3 is 2.58 bits per heavy atom. The van der Waals surface area contributed by atoms with E-state index in [-0.39, 0.29) is 22.6 Å². The van der Waals surface area contributed by atoms with Crippen LogP contribution >= 0.6 is 0 Å². The number of halogens is 1. The summed E-state index contributed by atoms with van der Waals surface area (Å²) in [5.74, 6) is -1.38. The highest BCUT2D eigenvalue weighted by Gasteiger charge is 2.21. The average Bonchev–Trinajstić information content (AvgIpc) is 2.38. The Kier molecular flexibility index (Phi) is 4.57. The van der Waals surface area contributed by atoms with E-state index in [1.165, 1.54) is 26.4 Å². The van der Waals surface area contributed by atoms with E-state index in [0.29, 0.717) is 5.57 Å². The molecule has 0 bridgehead atoms. The number of nitrogens with one attached hydrogen (secondary N) is 1. The molecule has 0 saturated carbocycles. The number of primary amides is 1. The van der Waals surface area contributed by atoms with Crippen molar-refractivity contribution in [2.45, 2.75) is 6.92 Å². The van der Waals surface area contributed by atoms with Gasteiger partial charge in [-0.2, -0.15) is 0 Å². The zero-order valence-electron chi connectivity index (χ0n) is 11.0. The largest absolute Gasteiger partial charge is 0.404 e. The molecule has 0 radical (unpaired) electrons. The first-order valence-electron chi connectivity index (χ1n) is 5.50. The van der Waals surface area contributed by atoms with Gasteiger partial charge in [-0.1, -0.05) is 0 Å². The Bertz CT molecular complexity index is 566. The SMILES string of the molecule is CN=CC(=CN)c1nc(NC)c(F)c(C)c1C(N)=O. The summed E-state index contributed by atoms with van der Waals surface area (Å²) < 4.78 is 13.9.